The Morgan fingerprint density at radius 1 is 1.06 bits per heavy atom. The van der Waals surface area contributed by atoms with Crippen LogP contribution in [0.15, 0.2) is 76.0 Å². The lowest BCUT2D eigenvalue weighted by Gasteiger charge is -2.27. The number of halogens is 1. The van der Waals surface area contributed by atoms with Crippen LogP contribution in [-0.4, -0.2) is 39.7 Å². The van der Waals surface area contributed by atoms with Gasteiger partial charge in [-0.05, 0) is 47.4 Å². The molecule has 1 aromatic heterocycles. The van der Waals surface area contributed by atoms with Crippen molar-refractivity contribution in [2.45, 2.75) is 31.8 Å². The maximum absolute atomic E-state index is 13.2. The van der Waals surface area contributed by atoms with E-state index >= 15 is 0 Å². The van der Waals surface area contributed by atoms with Gasteiger partial charge in [0.2, 0.25) is 0 Å². The summed E-state index contributed by atoms with van der Waals surface area (Å²) >= 11 is 3.45. The molecule has 0 N–H and O–H groups in total. The van der Waals surface area contributed by atoms with E-state index in [1.807, 2.05) is 43.3 Å². The minimum Gasteiger partial charge on any atom is -0.448 e. The Morgan fingerprint density at radius 3 is 2.46 bits per heavy atom. The molecule has 0 saturated carbocycles. The van der Waals surface area contributed by atoms with Crippen LogP contribution in [-0.2, 0) is 17.7 Å². The highest BCUT2D eigenvalue weighted by molar-refractivity contribution is 9.10. The summed E-state index contributed by atoms with van der Waals surface area (Å²) in [4.78, 5) is 32.9. The van der Waals surface area contributed by atoms with Gasteiger partial charge in [0.05, 0.1) is 16.9 Å². The summed E-state index contributed by atoms with van der Waals surface area (Å²) in [7, 11) is 0. The van der Waals surface area contributed by atoms with Crippen LogP contribution in [0.3, 0.4) is 0 Å². The maximum Gasteiger partial charge on any atom is 0.410 e. The number of hydrogen-bond donors (Lipinski definition) is 0. The van der Waals surface area contributed by atoms with Gasteiger partial charge in [-0.15, -0.1) is 0 Å². The molecule has 6 nitrogen and oxygen atoms in total. The van der Waals surface area contributed by atoms with Crippen molar-refractivity contribution in [1.29, 1.82) is 0 Å². The van der Waals surface area contributed by atoms with Crippen molar-refractivity contribution in [1.82, 2.24) is 14.5 Å². The first-order valence-corrected chi connectivity index (χ1v) is 12.6. The predicted octanol–water partition coefficient (Wildman–Crippen LogP) is 5.35. The van der Waals surface area contributed by atoms with Gasteiger partial charge in [-0.1, -0.05) is 64.5 Å². The Bertz CT molecular complexity index is 1480. The Kier molecular flexibility index (Phi) is 5.44. The van der Waals surface area contributed by atoms with Gasteiger partial charge in [-0.25, -0.2) is 9.78 Å². The molecule has 176 valence electrons. The zero-order valence-electron chi connectivity index (χ0n) is 19.3. The number of nitrogens with zero attached hydrogens (tertiary/aromatic N) is 3. The van der Waals surface area contributed by atoms with Gasteiger partial charge in [0.25, 0.3) is 5.56 Å². The van der Waals surface area contributed by atoms with Crippen molar-refractivity contribution in [2.75, 3.05) is 13.2 Å². The first-order valence-electron chi connectivity index (χ1n) is 11.8. The number of amides is 1. The van der Waals surface area contributed by atoms with Crippen LogP contribution in [0.25, 0.3) is 22.0 Å². The Morgan fingerprint density at radius 2 is 1.74 bits per heavy atom. The van der Waals surface area contributed by atoms with Gasteiger partial charge in [0.15, 0.2) is 0 Å². The number of ether oxygens (including phenoxy) is 1. The van der Waals surface area contributed by atoms with E-state index in [4.69, 9.17) is 9.72 Å². The first-order chi connectivity index (χ1) is 17.0. The molecule has 1 aliphatic carbocycles. The molecule has 2 heterocycles. The fourth-order valence-electron chi connectivity index (χ4n) is 5.37. The van der Waals surface area contributed by atoms with Gasteiger partial charge >= 0.3 is 6.09 Å². The quantitative estimate of drug-likeness (QED) is 0.351. The molecule has 1 unspecified atom stereocenters. The van der Waals surface area contributed by atoms with Crippen molar-refractivity contribution in [3.63, 3.8) is 0 Å². The highest BCUT2D eigenvalue weighted by Crippen LogP contribution is 2.44. The SMILES string of the molecule is CC1Cn2c(nc3cc(Br)ccc3c2=O)CCN1C(=O)OCC1c2ccccc2-c2ccccc21. The van der Waals surface area contributed by atoms with Crippen LogP contribution < -0.4 is 5.56 Å². The van der Waals surface area contributed by atoms with E-state index in [1.165, 1.54) is 22.3 Å². The van der Waals surface area contributed by atoms with E-state index in [-0.39, 0.29) is 30.2 Å². The molecule has 0 saturated heterocycles. The van der Waals surface area contributed by atoms with Crippen molar-refractivity contribution >= 4 is 32.9 Å². The summed E-state index contributed by atoms with van der Waals surface area (Å²) in [6.45, 7) is 3.06. The second kappa shape index (κ2) is 8.64. The summed E-state index contributed by atoms with van der Waals surface area (Å²) < 4.78 is 8.49. The van der Waals surface area contributed by atoms with E-state index < -0.39 is 0 Å². The average molecular weight is 530 g/mol. The number of carbonyl (C=O) groups is 1. The molecule has 1 aliphatic heterocycles. The van der Waals surface area contributed by atoms with E-state index in [1.54, 1.807) is 15.5 Å². The van der Waals surface area contributed by atoms with Crippen molar-refractivity contribution in [2.24, 2.45) is 0 Å². The smallest absolute Gasteiger partial charge is 0.410 e. The van der Waals surface area contributed by atoms with Crippen molar-refractivity contribution < 1.29 is 9.53 Å². The van der Waals surface area contributed by atoms with E-state index in [0.29, 0.717) is 36.2 Å². The number of benzene rings is 3. The van der Waals surface area contributed by atoms with Crippen LogP contribution in [0, 0.1) is 0 Å². The van der Waals surface area contributed by atoms with Crippen LogP contribution in [0.1, 0.15) is 29.8 Å². The van der Waals surface area contributed by atoms with Gasteiger partial charge in [0.1, 0.15) is 12.4 Å². The topological polar surface area (TPSA) is 64.4 Å². The number of rotatable bonds is 2. The zero-order chi connectivity index (χ0) is 24.1. The summed E-state index contributed by atoms with van der Waals surface area (Å²) in [5.74, 6) is 0.709. The third-order valence-corrected chi connectivity index (χ3v) is 7.62. The molecule has 1 amide bonds. The molecule has 2 aliphatic rings. The molecule has 7 heteroatoms. The molecule has 4 aromatic rings. The summed E-state index contributed by atoms with van der Waals surface area (Å²) in [5, 5.41) is 0.582. The minimum absolute atomic E-state index is 0.0128. The lowest BCUT2D eigenvalue weighted by molar-refractivity contribution is 0.0862. The standard InChI is InChI=1S/C28H24BrN3O3/c1-17-15-32-26(30-25-14-18(29)10-11-23(25)27(32)33)12-13-31(17)28(34)35-16-24-21-8-4-2-6-19(21)20-7-3-5-9-22(20)24/h2-11,14,17,24H,12-13,15-16H2,1H3. The van der Waals surface area contributed by atoms with Gasteiger partial charge in [-0.3, -0.25) is 9.36 Å². The summed E-state index contributed by atoms with van der Waals surface area (Å²) in [6, 6.07) is 21.9. The molecule has 0 fully saturated rings. The van der Waals surface area contributed by atoms with Crippen LogP contribution in [0.4, 0.5) is 4.79 Å². The lowest BCUT2D eigenvalue weighted by Crippen LogP contribution is -2.42. The van der Waals surface area contributed by atoms with Crippen LogP contribution >= 0.6 is 15.9 Å². The molecular weight excluding hydrogens is 506 g/mol. The second-order valence-corrected chi connectivity index (χ2v) is 10.1. The van der Waals surface area contributed by atoms with Crippen molar-refractivity contribution in [3.8, 4) is 11.1 Å². The normalized spacial score (nSPS) is 17.0. The van der Waals surface area contributed by atoms with Gasteiger partial charge in [-0.2, -0.15) is 0 Å². The number of hydrogen-bond acceptors (Lipinski definition) is 4. The molecule has 3 aromatic carbocycles. The Hall–Kier alpha value is -3.45. The maximum atomic E-state index is 13.2. The fraction of sp³-hybridized carbons (Fsp3) is 0.250. The molecule has 35 heavy (non-hydrogen) atoms. The Balaban J connectivity index is 1.23. The van der Waals surface area contributed by atoms with Crippen molar-refractivity contribution in [3.05, 3.63) is 98.5 Å². The highest BCUT2D eigenvalue weighted by Gasteiger charge is 2.32. The highest BCUT2D eigenvalue weighted by atomic mass is 79.9. The summed E-state index contributed by atoms with van der Waals surface area (Å²) in [6.07, 6.45) is 0.138. The van der Waals surface area contributed by atoms with Gasteiger partial charge < -0.3 is 9.64 Å². The zero-order valence-corrected chi connectivity index (χ0v) is 20.9. The predicted molar refractivity (Wildman–Crippen MR) is 139 cm³/mol. The molecule has 6 rings (SSSR count). The average Bonchev–Trinajstić information content (AvgIpc) is 3.08. The number of aromatic nitrogens is 2. The molecule has 0 spiro atoms. The molecular formula is C28H24BrN3O3. The van der Waals surface area contributed by atoms with E-state index in [2.05, 4.69) is 40.2 Å². The molecule has 0 bridgehead atoms. The monoisotopic (exact) mass is 529 g/mol. The van der Waals surface area contributed by atoms with Crippen LogP contribution in [0.5, 0.6) is 0 Å². The third-order valence-electron chi connectivity index (χ3n) is 7.12. The number of carbonyl (C=O) groups excluding carboxylic acids is 1. The second-order valence-electron chi connectivity index (χ2n) is 9.20. The van der Waals surface area contributed by atoms with E-state index in [9.17, 15) is 9.59 Å². The molecule has 1 atom stereocenters. The first kappa shape index (κ1) is 22.0. The summed E-state index contributed by atoms with van der Waals surface area (Å²) in [5.41, 5.74) is 5.37. The number of fused-ring (bicyclic) bond motifs is 5. The Labute approximate surface area is 211 Å². The third kappa shape index (κ3) is 3.74. The molecule has 0 radical (unpaired) electrons. The minimum atomic E-state index is -0.354. The fourth-order valence-corrected chi connectivity index (χ4v) is 5.72. The van der Waals surface area contributed by atoms with Crippen LogP contribution in [0.2, 0.25) is 0 Å². The lowest BCUT2D eigenvalue weighted by atomic mass is 9.98. The largest absolute Gasteiger partial charge is 0.448 e. The van der Waals surface area contributed by atoms with E-state index in [0.717, 1.165) is 4.47 Å². The van der Waals surface area contributed by atoms with Gasteiger partial charge in [0, 0.05) is 29.9 Å².